The van der Waals surface area contributed by atoms with Crippen LogP contribution in [0.25, 0.3) is 0 Å². The fourth-order valence-corrected chi connectivity index (χ4v) is 5.77. The van der Waals surface area contributed by atoms with Gasteiger partial charge in [0.15, 0.2) is 0 Å². The van der Waals surface area contributed by atoms with E-state index in [4.69, 9.17) is 4.74 Å². The summed E-state index contributed by atoms with van der Waals surface area (Å²) >= 11 is 0. The van der Waals surface area contributed by atoms with Crippen LogP contribution >= 0.6 is 0 Å². The number of carbonyl (C=O) groups excluding carboxylic acids is 1. The molecule has 0 radical (unpaired) electrons. The zero-order valence-corrected chi connectivity index (χ0v) is 20.6. The fourth-order valence-electron chi connectivity index (χ4n) is 4.33. The minimum Gasteiger partial charge on any atom is -0.495 e. The Morgan fingerprint density at radius 3 is 2.47 bits per heavy atom. The summed E-state index contributed by atoms with van der Waals surface area (Å²) < 4.78 is 33.8. The van der Waals surface area contributed by atoms with E-state index in [-0.39, 0.29) is 17.5 Å². The largest absolute Gasteiger partial charge is 0.495 e. The molecule has 1 aliphatic carbocycles. The van der Waals surface area contributed by atoms with E-state index < -0.39 is 15.9 Å². The monoisotopic (exact) mass is 478 g/mol. The van der Waals surface area contributed by atoms with Gasteiger partial charge in [-0.05, 0) is 74.1 Å². The molecular weight excluding hydrogens is 448 g/mol. The number of ether oxygens (including phenoxy) is 1. The van der Waals surface area contributed by atoms with Crippen LogP contribution in [0.3, 0.4) is 0 Å². The number of fused-ring (bicyclic) bond motifs is 1. The molecule has 0 bridgehead atoms. The number of nitrogens with zero attached hydrogens (tertiary/aromatic N) is 1. The highest BCUT2D eigenvalue weighted by Gasteiger charge is 2.29. The summed E-state index contributed by atoms with van der Waals surface area (Å²) in [5, 5.41) is 2.97. The van der Waals surface area contributed by atoms with Gasteiger partial charge < -0.3 is 10.1 Å². The van der Waals surface area contributed by atoms with Gasteiger partial charge in [-0.25, -0.2) is 8.42 Å². The van der Waals surface area contributed by atoms with Crippen molar-refractivity contribution in [1.82, 2.24) is 5.32 Å². The number of carbonyl (C=O) groups is 1. The Balaban J connectivity index is 1.61. The van der Waals surface area contributed by atoms with Gasteiger partial charge in [-0.1, -0.05) is 48.0 Å². The second kappa shape index (κ2) is 9.89. The summed E-state index contributed by atoms with van der Waals surface area (Å²) in [7, 11) is -2.54. The highest BCUT2D eigenvalue weighted by atomic mass is 32.2. The van der Waals surface area contributed by atoms with Crippen LogP contribution in [0, 0.1) is 6.92 Å². The molecule has 0 fully saturated rings. The zero-order valence-electron chi connectivity index (χ0n) is 19.7. The minimum absolute atomic E-state index is 0.114. The first-order valence-electron chi connectivity index (χ1n) is 11.4. The third kappa shape index (κ3) is 4.94. The molecule has 6 nitrogen and oxygen atoms in total. The first kappa shape index (κ1) is 23.8. The van der Waals surface area contributed by atoms with E-state index in [0.29, 0.717) is 11.4 Å². The number of para-hydroxylation sites is 2. The second-order valence-corrected chi connectivity index (χ2v) is 10.5. The van der Waals surface area contributed by atoms with E-state index in [0.717, 1.165) is 34.7 Å². The molecule has 3 aromatic carbocycles. The lowest BCUT2D eigenvalue weighted by molar-refractivity contribution is -0.120. The molecule has 1 aliphatic rings. The molecular formula is C27H30N2O4S. The molecule has 0 heterocycles. The van der Waals surface area contributed by atoms with E-state index in [2.05, 4.69) is 17.4 Å². The van der Waals surface area contributed by atoms with Crippen molar-refractivity contribution in [2.45, 2.75) is 44.0 Å². The van der Waals surface area contributed by atoms with Gasteiger partial charge in [0.1, 0.15) is 12.3 Å². The van der Waals surface area contributed by atoms with Crippen LogP contribution in [0.4, 0.5) is 5.69 Å². The molecule has 0 aliphatic heterocycles. The van der Waals surface area contributed by atoms with Gasteiger partial charge in [-0.3, -0.25) is 9.10 Å². The van der Waals surface area contributed by atoms with Gasteiger partial charge in [0.2, 0.25) is 5.91 Å². The standard InChI is InChI=1S/C27H30N2O4S/c1-19-11-15-24(16-12-19)34(31,32)29(25-9-4-5-10-26(25)33-3)18-27(30)28-20(2)22-14-13-21-7-6-8-23(21)17-22/h4-5,9-17,20H,6-8,18H2,1-3H3,(H,28,30)/t20-/m0/s1. The van der Waals surface area contributed by atoms with Crippen molar-refractivity contribution in [3.63, 3.8) is 0 Å². The third-order valence-corrected chi connectivity index (χ3v) is 8.02. The van der Waals surface area contributed by atoms with Gasteiger partial charge in [0.25, 0.3) is 10.0 Å². The van der Waals surface area contributed by atoms with E-state index in [9.17, 15) is 13.2 Å². The van der Waals surface area contributed by atoms with Gasteiger partial charge in [-0.15, -0.1) is 0 Å². The van der Waals surface area contributed by atoms with Crippen LogP contribution in [0.2, 0.25) is 0 Å². The molecule has 0 saturated carbocycles. The lowest BCUT2D eigenvalue weighted by atomic mass is 10.0. The van der Waals surface area contributed by atoms with Crippen LogP contribution in [0.15, 0.2) is 71.6 Å². The second-order valence-electron chi connectivity index (χ2n) is 8.67. The highest BCUT2D eigenvalue weighted by molar-refractivity contribution is 7.92. The summed E-state index contributed by atoms with van der Waals surface area (Å²) in [6.45, 7) is 3.44. The van der Waals surface area contributed by atoms with Crippen LogP contribution in [-0.2, 0) is 27.7 Å². The number of sulfonamides is 1. The Hall–Kier alpha value is -3.32. The number of hydrogen-bond acceptors (Lipinski definition) is 4. The molecule has 1 atom stereocenters. The number of hydrogen-bond donors (Lipinski definition) is 1. The summed E-state index contributed by atoms with van der Waals surface area (Å²) in [5.74, 6) is -0.0211. The van der Waals surface area contributed by atoms with Crippen molar-refractivity contribution < 1.29 is 17.9 Å². The van der Waals surface area contributed by atoms with Crippen LogP contribution in [-0.4, -0.2) is 28.0 Å². The Morgan fingerprint density at radius 2 is 1.74 bits per heavy atom. The van der Waals surface area contributed by atoms with Crippen molar-refractivity contribution in [2.24, 2.45) is 0 Å². The topological polar surface area (TPSA) is 75.7 Å². The molecule has 0 unspecified atom stereocenters. The molecule has 0 spiro atoms. The molecule has 0 saturated heterocycles. The maximum Gasteiger partial charge on any atom is 0.264 e. The number of benzene rings is 3. The molecule has 1 amide bonds. The SMILES string of the molecule is COc1ccccc1N(CC(=O)N[C@@H](C)c1ccc2c(c1)CCC2)S(=O)(=O)c1ccc(C)cc1. The predicted octanol–water partition coefficient (Wildman–Crippen LogP) is 4.57. The van der Waals surface area contributed by atoms with Crippen LogP contribution in [0.5, 0.6) is 5.75 Å². The number of nitrogens with one attached hydrogen (secondary N) is 1. The average Bonchev–Trinajstić information content (AvgIpc) is 3.30. The lowest BCUT2D eigenvalue weighted by Crippen LogP contribution is -2.41. The summed E-state index contributed by atoms with van der Waals surface area (Å²) in [4.78, 5) is 13.2. The van der Waals surface area contributed by atoms with E-state index in [1.54, 1.807) is 48.5 Å². The first-order valence-corrected chi connectivity index (χ1v) is 12.9. The molecule has 4 rings (SSSR count). The van der Waals surface area contributed by atoms with Crippen molar-refractivity contribution in [2.75, 3.05) is 18.0 Å². The van der Waals surface area contributed by atoms with Crippen LogP contribution in [0.1, 0.15) is 41.6 Å². The fraction of sp³-hybridized carbons (Fsp3) is 0.296. The number of methoxy groups -OCH3 is 1. The van der Waals surface area contributed by atoms with Gasteiger partial charge in [0, 0.05) is 0 Å². The molecule has 0 aromatic heterocycles. The third-order valence-electron chi connectivity index (χ3n) is 6.25. The summed E-state index contributed by atoms with van der Waals surface area (Å²) in [6, 6.07) is 19.5. The Morgan fingerprint density at radius 1 is 1.03 bits per heavy atom. The summed E-state index contributed by atoms with van der Waals surface area (Å²) in [6.07, 6.45) is 3.31. The van der Waals surface area contributed by atoms with E-state index >= 15 is 0 Å². The maximum atomic E-state index is 13.6. The number of rotatable bonds is 8. The average molecular weight is 479 g/mol. The number of amides is 1. The molecule has 34 heavy (non-hydrogen) atoms. The normalized spacial score (nSPS) is 13.7. The van der Waals surface area contributed by atoms with E-state index in [1.165, 1.54) is 18.2 Å². The number of anilines is 1. The smallest absolute Gasteiger partial charge is 0.264 e. The number of aryl methyl sites for hydroxylation is 3. The summed E-state index contributed by atoms with van der Waals surface area (Å²) in [5.41, 5.74) is 4.97. The van der Waals surface area contributed by atoms with Crippen molar-refractivity contribution in [3.05, 3.63) is 89.0 Å². The van der Waals surface area contributed by atoms with Crippen LogP contribution < -0.4 is 14.4 Å². The minimum atomic E-state index is -4.01. The van der Waals surface area contributed by atoms with Gasteiger partial charge in [-0.2, -0.15) is 0 Å². The maximum absolute atomic E-state index is 13.6. The molecule has 7 heteroatoms. The quantitative estimate of drug-likeness (QED) is 0.515. The van der Waals surface area contributed by atoms with Crippen molar-refractivity contribution >= 4 is 21.6 Å². The Kier molecular flexibility index (Phi) is 6.93. The Labute approximate surface area is 201 Å². The van der Waals surface area contributed by atoms with Gasteiger partial charge in [0.05, 0.1) is 23.7 Å². The predicted molar refractivity (Wildman–Crippen MR) is 134 cm³/mol. The lowest BCUT2D eigenvalue weighted by Gasteiger charge is -2.26. The Bertz CT molecular complexity index is 1290. The first-order chi connectivity index (χ1) is 16.3. The van der Waals surface area contributed by atoms with Crippen molar-refractivity contribution in [1.29, 1.82) is 0 Å². The highest BCUT2D eigenvalue weighted by Crippen LogP contribution is 2.32. The molecule has 3 aromatic rings. The molecule has 178 valence electrons. The zero-order chi connectivity index (χ0) is 24.3. The van der Waals surface area contributed by atoms with Gasteiger partial charge >= 0.3 is 0 Å². The van der Waals surface area contributed by atoms with E-state index in [1.807, 2.05) is 19.9 Å². The molecule has 1 N–H and O–H groups in total. The van der Waals surface area contributed by atoms with Crippen molar-refractivity contribution in [3.8, 4) is 5.75 Å².